The average Bonchev–Trinajstić information content (AvgIpc) is 3.53. The molecule has 1 aliphatic rings. The lowest BCUT2D eigenvalue weighted by Gasteiger charge is -2.23. The average molecular weight is 531 g/mol. The van der Waals surface area contributed by atoms with Crippen molar-refractivity contribution in [3.63, 3.8) is 0 Å². The summed E-state index contributed by atoms with van der Waals surface area (Å²) >= 11 is 0.994. The largest absolute Gasteiger partial charge is 0.505 e. The van der Waals surface area contributed by atoms with Crippen molar-refractivity contribution in [2.75, 3.05) is 12.0 Å². The smallest absolute Gasteiger partial charge is 0.337 e. The number of ether oxygens (including phenoxy) is 1. The lowest BCUT2D eigenvalue weighted by Crippen LogP contribution is -2.29. The van der Waals surface area contributed by atoms with E-state index in [0.29, 0.717) is 27.5 Å². The van der Waals surface area contributed by atoms with Crippen LogP contribution in [0.4, 0.5) is 5.13 Å². The first kappa shape index (κ1) is 25.0. The van der Waals surface area contributed by atoms with Gasteiger partial charge in [-0.05, 0) is 43.7 Å². The highest BCUT2D eigenvalue weighted by molar-refractivity contribution is 7.18. The first-order valence-electron chi connectivity index (χ1n) is 11.6. The zero-order valence-electron chi connectivity index (χ0n) is 20.9. The molecule has 1 aliphatic heterocycles. The van der Waals surface area contributed by atoms with Crippen LogP contribution in [-0.2, 0) is 14.3 Å². The highest BCUT2D eigenvalue weighted by Crippen LogP contribution is 2.44. The number of esters is 1. The summed E-state index contributed by atoms with van der Waals surface area (Å²) in [6, 6.07) is 10.4. The Hall–Kier alpha value is -4.64. The van der Waals surface area contributed by atoms with Crippen LogP contribution in [0, 0.1) is 13.8 Å². The third-order valence-corrected chi connectivity index (χ3v) is 7.59. The van der Waals surface area contributed by atoms with Crippen molar-refractivity contribution in [2.24, 2.45) is 0 Å². The zero-order valence-corrected chi connectivity index (χ0v) is 21.7. The molecule has 0 bridgehead atoms. The van der Waals surface area contributed by atoms with Gasteiger partial charge in [0.1, 0.15) is 11.3 Å². The van der Waals surface area contributed by atoms with Gasteiger partial charge in [-0.1, -0.05) is 29.5 Å². The molecule has 1 fully saturated rings. The molecule has 4 heterocycles. The summed E-state index contributed by atoms with van der Waals surface area (Å²) in [5, 5.41) is 11.7. The second kappa shape index (κ2) is 9.34. The zero-order chi connectivity index (χ0) is 27.3. The van der Waals surface area contributed by atoms with Gasteiger partial charge in [0.2, 0.25) is 0 Å². The number of hydrogen-bond donors (Lipinski definition) is 1. The van der Waals surface area contributed by atoms with Gasteiger partial charge in [-0.2, -0.15) is 0 Å². The lowest BCUT2D eigenvalue weighted by atomic mass is 9.95. The number of aliphatic hydroxyl groups is 1. The molecule has 0 spiro atoms. The number of thiazole rings is 1. The standard InChI is InChI=1S/C27H22N4O6S/c1-13-20(30-12-6-5-7-18(30)28-13)22(33)19-21(16-8-10-17(11-9-16)26(36)37-4)31(25(35)23(19)34)27-29-14(2)24(38-27)15(3)32/h5-12,21,33H,1-4H3/b22-19+. The minimum absolute atomic E-state index is 0.144. The van der Waals surface area contributed by atoms with E-state index < -0.39 is 29.5 Å². The molecule has 1 atom stereocenters. The van der Waals surface area contributed by atoms with Crippen LogP contribution in [-0.4, -0.2) is 50.0 Å². The summed E-state index contributed by atoms with van der Waals surface area (Å²) in [6.07, 6.45) is 1.70. The quantitative estimate of drug-likeness (QED) is 0.135. The predicted octanol–water partition coefficient (Wildman–Crippen LogP) is 4.02. The van der Waals surface area contributed by atoms with Crippen molar-refractivity contribution in [1.29, 1.82) is 0 Å². The van der Waals surface area contributed by atoms with E-state index in [9.17, 15) is 24.3 Å². The number of imidazole rings is 1. The Morgan fingerprint density at radius 1 is 1.03 bits per heavy atom. The van der Waals surface area contributed by atoms with E-state index in [-0.39, 0.29) is 27.7 Å². The van der Waals surface area contributed by atoms with Crippen molar-refractivity contribution in [2.45, 2.75) is 26.8 Å². The first-order valence-corrected chi connectivity index (χ1v) is 12.4. The SMILES string of the molecule is COC(=O)c1ccc(C2/C(=C(\O)c3c(C)nc4ccccn34)C(=O)C(=O)N2c2nc(C)c(C(C)=O)s2)cc1. The van der Waals surface area contributed by atoms with Crippen molar-refractivity contribution in [3.8, 4) is 0 Å². The molecular weight excluding hydrogens is 508 g/mol. The molecule has 11 heteroatoms. The Morgan fingerprint density at radius 2 is 1.74 bits per heavy atom. The molecule has 1 amide bonds. The molecular formula is C27H22N4O6S. The molecule has 5 rings (SSSR count). The van der Waals surface area contributed by atoms with Crippen LogP contribution in [0.1, 0.15) is 55.6 Å². The van der Waals surface area contributed by atoms with Crippen LogP contribution in [0.25, 0.3) is 11.4 Å². The molecule has 1 N–H and O–H groups in total. The van der Waals surface area contributed by atoms with Gasteiger partial charge in [0, 0.05) is 13.1 Å². The number of fused-ring (bicyclic) bond motifs is 1. The molecule has 1 unspecified atom stereocenters. The number of pyridine rings is 1. The van der Waals surface area contributed by atoms with E-state index in [1.54, 1.807) is 54.8 Å². The number of benzene rings is 1. The van der Waals surface area contributed by atoms with Gasteiger partial charge < -0.3 is 9.84 Å². The minimum Gasteiger partial charge on any atom is -0.505 e. The van der Waals surface area contributed by atoms with Gasteiger partial charge in [-0.3, -0.25) is 23.7 Å². The molecule has 0 aliphatic carbocycles. The van der Waals surface area contributed by atoms with Crippen molar-refractivity contribution < 1.29 is 29.0 Å². The molecule has 0 saturated carbocycles. The van der Waals surface area contributed by atoms with Crippen LogP contribution >= 0.6 is 11.3 Å². The monoisotopic (exact) mass is 530 g/mol. The summed E-state index contributed by atoms with van der Waals surface area (Å²) in [5.74, 6) is -2.98. The predicted molar refractivity (Wildman–Crippen MR) is 139 cm³/mol. The topological polar surface area (TPSA) is 131 Å². The number of hydrogen-bond acceptors (Lipinski definition) is 9. The van der Waals surface area contributed by atoms with Crippen LogP contribution in [0.5, 0.6) is 0 Å². The highest BCUT2D eigenvalue weighted by atomic mass is 32.1. The molecule has 3 aromatic heterocycles. The summed E-state index contributed by atoms with van der Waals surface area (Å²) < 4.78 is 6.41. The van der Waals surface area contributed by atoms with Gasteiger partial charge in [-0.15, -0.1) is 0 Å². The second-order valence-corrected chi connectivity index (χ2v) is 9.70. The fraction of sp³-hybridized carbons (Fsp3) is 0.185. The maximum atomic E-state index is 13.5. The lowest BCUT2D eigenvalue weighted by molar-refractivity contribution is -0.132. The number of aliphatic hydroxyl groups excluding tert-OH is 1. The first-order chi connectivity index (χ1) is 18.1. The third-order valence-electron chi connectivity index (χ3n) is 6.33. The number of anilines is 1. The van der Waals surface area contributed by atoms with Crippen LogP contribution in [0.15, 0.2) is 54.2 Å². The van der Waals surface area contributed by atoms with E-state index in [1.807, 2.05) is 0 Å². The number of amides is 1. The Bertz CT molecular complexity index is 1680. The molecule has 10 nitrogen and oxygen atoms in total. The summed E-state index contributed by atoms with van der Waals surface area (Å²) in [6.45, 7) is 4.74. The summed E-state index contributed by atoms with van der Waals surface area (Å²) in [7, 11) is 1.26. The van der Waals surface area contributed by atoms with Gasteiger partial charge >= 0.3 is 11.9 Å². The van der Waals surface area contributed by atoms with Crippen molar-refractivity contribution in [1.82, 2.24) is 14.4 Å². The number of Topliss-reactive ketones (excluding diaryl/α,β-unsaturated/α-hetero) is 2. The molecule has 38 heavy (non-hydrogen) atoms. The van der Waals surface area contributed by atoms with E-state index in [1.165, 1.54) is 31.1 Å². The summed E-state index contributed by atoms with van der Waals surface area (Å²) in [4.78, 5) is 61.5. The van der Waals surface area contributed by atoms with E-state index in [4.69, 9.17) is 4.74 Å². The molecule has 0 radical (unpaired) electrons. The third kappa shape index (κ3) is 3.88. The Kier molecular flexibility index (Phi) is 6.15. The van der Waals surface area contributed by atoms with Crippen molar-refractivity contribution >= 4 is 51.3 Å². The normalized spacial score (nSPS) is 16.8. The van der Waals surface area contributed by atoms with Crippen LogP contribution in [0.3, 0.4) is 0 Å². The Balaban J connectivity index is 1.76. The number of ketones is 2. The number of nitrogens with zero attached hydrogens (tertiary/aromatic N) is 4. The number of aryl methyl sites for hydroxylation is 2. The maximum Gasteiger partial charge on any atom is 0.337 e. The molecule has 1 saturated heterocycles. The minimum atomic E-state index is -1.08. The van der Waals surface area contributed by atoms with Crippen molar-refractivity contribution in [3.05, 3.63) is 87.3 Å². The number of carbonyl (C=O) groups is 4. The van der Waals surface area contributed by atoms with E-state index in [0.717, 1.165) is 11.3 Å². The van der Waals surface area contributed by atoms with Crippen LogP contribution in [0.2, 0.25) is 0 Å². The Labute approximate surface area is 220 Å². The number of methoxy groups -OCH3 is 1. The number of rotatable bonds is 5. The summed E-state index contributed by atoms with van der Waals surface area (Å²) in [5.41, 5.74) is 2.28. The highest BCUT2D eigenvalue weighted by Gasteiger charge is 2.49. The van der Waals surface area contributed by atoms with Gasteiger partial charge in [0.05, 0.1) is 40.6 Å². The maximum absolute atomic E-state index is 13.5. The van der Waals surface area contributed by atoms with Crippen LogP contribution < -0.4 is 4.90 Å². The number of carbonyl (C=O) groups excluding carboxylic acids is 4. The van der Waals surface area contributed by atoms with E-state index >= 15 is 0 Å². The molecule has 1 aromatic carbocycles. The molecule has 4 aromatic rings. The van der Waals surface area contributed by atoms with Gasteiger partial charge in [0.15, 0.2) is 16.7 Å². The fourth-order valence-electron chi connectivity index (χ4n) is 4.60. The van der Waals surface area contributed by atoms with Gasteiger partial charge in [-0.25, -0.2) is 14.8 Å². The molecule has 192 valence electrons. The fourth-order valence-corrected chi connectivity index (χ4v) is 5.59. The van der Waals surface area contributed by atoms with Gasteiger partial charge in [0.25, 0.3) is 5.78 Å². The number of aromatic nitrogens is 3. The second-order valence-electron chi connectivity index (χ2n) is 8.72. The van der Waals surface area contributed by atoms with E-state index in [2.05, 4.69) is 9.97 Å². The Morgan fingerprint density at radius 3 is 2.37 bits per heavy atom.